The van der Waals surface area contributed by atoms with Crippen molar-refractivity contribution in [2.45, 2.75) is 20.0 Å². The number of hydrogen-bond donors (Lipinski definition) is 1. The molecule has 0 unspecified atom stereocenters. The van der Waals surface area contributed by atoms with E-state index in [1.54, 1.807) is 18.5 Å². The second-order valence-electron chi connectivity index (χ2n) is 3.20. The number of nitrogens with zero attached hydrogens (tertiary/aromatic N) is 3. The molecule has 2 rings (SSSR count). The number of aromatic nitrogens is 3. The van der Waals surface area contributed by atoms with Gasteiger partial charge in [0.1, 0.15) is 5.82 Å². The number of rotatable bonds is 4. The quantitative estimate of drug-likeness (QED) is 0.806. The highest BCUT2D eigenvalue weighted by Crippen LogP contribution is 2.01. The van der Waals surface area contributed by atoms with E-state index in [1.807, 2.05) is 13.0 Å². The first-order chi connectivity index (χ1) is 7.34. The van der Waals surface area contributed by atoms with Gasteiger partial charge in [0.15, 0.2) is 5.76 Å². The van der Waals surface area contributed by atoms with Crippen LogP contribution in [0.5, 0.6) is 0 Å². The summed E-state index contributed by atoms with van der Waals surface area (Å²) in [5, 5.41) is 6.97. The third-order valence-corrected chi connectivity index (χ3v) is 1.88. The molecule has 5 nitrogen and oxygen atoms in total. The van der Waals surface area contributed by atoms with E-state index in [1.165, 1.54) is 0 Å². The van der Waals surface area contributed by atoms with Gasteiger partial charge in [-0.25, -0.2) is 9.97 Å². The summed E-state index contributed by atoms with van der Waals surface area (Å²) in [5.41, 5.74) is 0.891. The van der Waals surface area contributed by atoms with Crippen molar-refractivity contribution in [1.29, 1.82) is 0 Å². The van der Waals surface area contributed by atoms with Crippen molar-refractivity contribution in [1.82, 2.24) is 20.4 Å². The molecule has 5 heteroatoms. The van der Waals surface area contributed by atoms with Gasteiger partial charge in [0.05, 0.1) is 18.8 Å². The molecule has 2 heterocycles. The zero-order chi connectivity index (χ0) is 10.5. The van der Waals surface area contributed by atoms with Gasteiger partial charge in [-0.3, -0.25) is 0 Å². The molecule has 0 aromatic carbocycles. The van der Waals surface area contributed by atoms with Gasteiger partial charge in [-0.1, -0.05) is 5.16 Å². The Morgan fingerprint density at radius 3 is 2.73 bits per heavy atom. The first kappa shape index (κ1) is 9.79. The van der Waals surface area contributed by atoms with E-state index in [-0.39, 0.29) is 0 Å². The van der Waals surface area contributed by atoms with E-state index < -0.39 is 0 Å². The van der Waals surface area contributed by atoms with Gasteiger partial charge in [0, 0.05) is 18.5 Å². The Balaban J connectivity index is 1.80. The highest BCUT2D eigenvalue weighted by atomic mass is 16.5. The minimum Gasteiger partial charge on any atom is -0.360 e. The lowest BCUT2D eigenvalue weighted by Crippen LogP contribution is -2.14. The van der Waals surface area contributed by atoms with Crippen LogP contribution >= 0.6 is 0 Å². The first-order valence-electron chi connectivity index (χ1n) is 4.73. The molecule has 0 saturated heterocycles. The van der Waals surface area contributed by atoms with E-state index in [0.29, 0.717) is 13.1 Å². The monoisotopic (exact) mass is 204 g/mol. The fraction of sp³-hybridized carbons (Fsp3) is 0.300. The smallest absolute Gasteiger partial charge is 0.150 e. The van der Waals surface area contributed by atoms with Gasteiger partial charge < -0.3 is 9.84 Å². The van der Waals surface area contributed by atoms with E-state index >= 15 is 0 Å². The maximum Gasteiger partial charge on any atom is 0.150 e. The van der Waals surface area contributed by atoms with Crippen molar-refractivity contribution in [3.05, 3.63) is 41.8 Å². The molecular weight excluding hydrogens is 192 g/mol. The van der Waals surface area contributed by atoms with Crippen molar-refractivity contribution >= 4 is 0 Å². The molecule has 0 aliphatic heterocycles. The molecule has 0 radical (unpaired) electrons. The topological polar surface area (TPSA) is 63.8 Å². The van der Waals surface area contributed by atoms with Gasteiger partial charge in [-0.05, 0) is 13.0 Å². The second-order valence-corrected chi connectivity index (χ2v) is 3.20. The average molecular weight is 204 g/mol. The van der Waals surface area contributed by atoms with Crippen LogP contribution in [0.15, 0.2) is 29.0 Å². The summed E-state index contributed by atoms with van der Waals surface area (Å²) in [6.45, 7) is 3.16. The molecule has 15 heavy (non-hydrogen) atoms. The molecule has 0 aliphatic carbocycles. The fourth-order valence-corrected chi connectivity index (χ4v) is 1.22. The van der Waals surface area contributed by atoms with Crippen molar-refractivity contribution in [3.8, 4) is 0 Å². The van der Waals surface area contributed by atoms with Gasteiger partial charge in [0.2, 0.25) is 0 Å². The Bertz CT molecular complexity index is 412. The molecule has 0 aliphatic rings. The van der Waals surface area contributed by atoms with Crippen molar-refractivity contribution in [3.63, 3.8) is 0 Å². The normalized spacial score (nSPS) is 10.5. The van der Waals surface area contributed by atoms with Crippen molar-refractivity contribution in [2.24, 2.45) is 0 Å². The highest BCUT2D eigenvalue weighted by Gasteiger charge is 2.00. The summed E-state index contributed by atoms with van der Waals surface area (Å²) in [6, 6.07) is 3.70. The number of nitrogens with one attached hydrogen (secondary N) is 1. The molecule has 2 aromatic rings. The predicted octanol–water partition coefficient (Wildman–Crippen LogP) is 1.06. The molecule has 0 spiro atoms. The van der Waals surface area contributed by atoms with Crippen LogP contribution in [0.4, 0.5) is 0 Å². The fourth-order valence-electron chi connectivity index (χ4n) is 1.22. The Morgan fingerprint density at radius 2 is 2.07 bits per heavy atom. The zero-order valence-electron chi connectivity index (χ0n) is 8.47. The second kappa shape index (κ2) is 4.65. The van der Waals surface area contributed by atoms with E-state index in [9.17, 15) is 0 Å². The van der Waals surface area contributed by atoms with E-state index in [0.717, 1.165) is 17.3 Å². The van der Waals surface area contributed by atoms with E-state index in [2.05, 4.69) is 20.4 Å². The molecule has 0 atom stereocenters. The third-order valence-electron chi connectivity index (χ3n) is 1.88. The summed E-state index contributed by atoms with van der Waals surface area (Å²) in [6.07, 6.45) is 3.45. The number of aryl methyl sites for hydroxylation is 1. The average Bonchev–Trinajstić information content (AvgIpc) is 2.66. The molecule has 2 aromatic heterocycles. The van der Waals surface area contributed by atoms with Gasteiger partial charge in [-0.2, -0.15) is 0 Å². The Hall–Kier alpha value is -1.75. The largest absolute Gasteiger partial charge is 0.360 e. The molecule has 1 N–H and O–H groups in total. The van der Waals surface area contributed by atoms with Crippen LogP contribution < -0.4 is 5.32 Å². The van der Waals surface area contributed by atoms with Gasteiger partial charge >= 0.3 is 0 Å². The van der Waals surface area contributed by atoms with Crippen LogP contribution in [-0.2, 0) is 13.1 Å². The maximum atomic E-state index is 5.05. The lowest BCUT2D eigenvalue weighted by atomic mass is 10.4. The molecule has 0 saturated carbocycles. The van der Waals surface area contributed by atoms with Gasteiger partial charge in [-0.15, -0.1) is 0 Å². The summed E-state index contributed by atoms with van der Waals surface area (Å²) in [4.78, 5) is 8.19. The number of hydrogen-bond acceptors (Lipinski definition) is 5. The summed E-state index contributed by atoms with van der Waals surface area (Å²) < 4.78 is 5.05. The highest BCUT2D eigenvalue weighted by molar-refractivity contribution is 5.02. The summed E-state index contributed by atoms with van der Waals surface area (Å²) in [5.74, 6) is 1.59. The van der Waals surface area contributed by atoms with E-state index in [4.69, 9.17) is 4.52 Å². The lowest BCUT2D eigenvalue weighted by molar-refractivity contribution is 0.369. The zero-order valence-corrected chi connectivity index (χ0v) is 8.47. The summed E-state index contributed by atoms with van der Waals surface area (Å²) >= 11 is 0. The Kier molecular flexibility index (Phi) is 3.04. The predicted molar refractivity (Wildman–Crippen MR) is 53.8 cm³/mol. The SMILES string of the molecule is Cc1cc(CNCc2ncccn2)on1. The molecule has 0 fully saturated rings. The Labute approximate surface area is 87.5 Å². The van der Waals surface area contributed by atoms with Crippen LogP contribution in [-0.4, -0.2) is 15.1 Å². The van der Waals surface area contributed by atoms with Crippen LogP contribution in [0.25, 0.3) is 0 Å². The van der Waals surface area contributed by atoms with Crippen molar-refractivity contribution < 1.29 is 4.52 Å². The summed E-state index contributed by atoms with van der Waals surface area (Å²) in [7, 11) is 0. The lowest BCUT2D eigenvalue weighted by Gasteiger charge is -1.99. The molecular formula is C10H12N4O. The Morgan fingerprint density at radius 1 is 1.27 bits per heavy atom. The van der Waals surface area contributed by atoms with Crippen LogP contribution in [0.3, 0.4) is 0 Å². The maximum absolute atomic E-state index is 5.05. The van der Waals surface area contributed by atoms with Crippen LogP contribution in [0, 0.1) is 6.92 Å². The molecule has 0 bridgehead atoms. The molecule has 78 valence electrons. The van der Waals surface area contributed by atoms with Gasteiger partial charge in [0.25, 0.3) is 0 Å². The van der Waals surface area contributed by atoms with Crippen LogP contribution in [0.2, 0.25) is 0 Å². The minimum absolute atomic E-state index is 0.626. The van der Waals surface area contributed by atoms with Crippen LogP contribution in [0.1, 0.15) is 17.3 Å². The van der Waals surface area contributed by atoms with Crippen molar-refractivity contribution in [2.75, 3.05) is 0 Å². The molecule has 0 amide bonds. The standard InChI is InChI=1S/C10H12N4O/c1-8-5-9(15-14-8)6-11-7-10-12-3-2-4-13-10/h2-5,11H,6-7H2,1H3. The third kappa shape index (κ3) is 2.85. The first-order valence-corrected chi connectivity index (χ1v) is 4.73. The minimum atomic E-state index is 0.626.